The molecule has 0 spiro atoms. The Morgan fingerprint density at radius 1 is 1.30 bits per heavy atom. The summed E-state index contributed by atoms with van der Waals surface area (Å²) in [5, 5.41) is 10.2. The zero-order valence-corrected chi connectivity index (χ0v) is 16.4. The van der Waals surface area contributed by atoms with Gasteiger partial charge in [0.25, 0.3) is 0 Å². The van der Waals surface area contributed by atoms with Gasteiger partial charge in [-0.05, 0) is 63.4 Å². The Bertz CT molecular complexity index is 851. The Kier molecular flexibility index (Phi) is 4.70. The lowest BCUT2D eigenvalue weighted by atomic mass is 9.92. The van der Waals surface area contributed by atoms with Gasteiger partial charge in [-0.25, -0.2) is 4.99 Å². The first-order valence-corrected chi connectivity index (χ1v) is 9.74. The fraction of sp³-hybridized carbons (Fsp3) is 0.476. The van der Waals surface area contributed by atoms with Crippen LogP contribution in [-0.4, -0.2) is 31.3 Å². The van der Waals surface area contributed by atoms with Gasteiger partial charge in [-0.3, -0.25) is 0 Å². The molecule has 0 aliphatic carbocycles. The number of hydrogen-bond acceptors (Lipinski definition) is 6. The van der Waals surface area contributed by atoms with E-state index in [1.807, 2.05) is 19.9 Å². The largest absolute Gasteiger partial charge is 0.492 e. The summed E-state index contributed by atoms with van der Waals surface area (Å²) in [7, 11) is 0. The topological polar surface area (TPSA) is 83.7 Å². The summed E-state index contributed by atoms with van der Waals surface area (Å²) in [4.78, 5) is 4.59. The molecule has 0 aromatic heterocycles. The fourth-order valence-electron chi connectivity index (χ4n) is 4.12. The minimum atomic E-state index is -0.705. The molecule has 27 heavy (non-hydrogen) atoms. The van der Waals surface area contributed by atoms with Gasteiger partial charge in [-0.1, -0.05) is 6.08 Å². The quantitative estimate of drug-likeness (QED) is 0.646. The number of nitrogens with zero attached hydrogens (tertiary/aromatic N) is 1. The minimum Gasteiger partial charge on any atom is -0.492 e. The molecule has 3 heterocycles. The van der Waals surface area contributed by atoms with Crippen molar-refractivity contribution >= 4 is 17.2 Å². The number of rotatable bonds is 2. The van der Waals surface area contributed by atoms with Crippen molar-refractivity contribution < 1.29 is 4.74 Å². The molecule has 6 heteroatoms. The molecule has 4 rings (SSSR count). The second kappa shape index (κ2) is 7.02. The maximum atomic E-state index is 6.22. The highest BCUT2D eigenvalue weighted by Gasteiger charge is 2.25. The number of nitrogens with one attached hydrogen (secondary N) is 3. The van der Waals surface area contributed by atoms with Crippen LogP contribution in [0, 0.1) is 6.92 Å². The highest BCUT2D eigenvalue weighted by atomic mass is 16.5. The molecule has 0 fully saturated rings. The highest BCUT2D eigenvalue weighted by Crippen LogP contribution is 2.42. The lowest BCUT2D eigenvalue weighted by Crippen LogP contribution is -2.43. The molecule has 0 radical (unpaired) electrons. The second-order valence-corrected chi connectivity index (χ2v) is 7.81. The van der Waals surface area contributed by atoms with E-state index < -0.39 is 5.66 Å². The van der Waals surface area contributed by atoms with Crippen LogP contribution in [0.5, 0.6) is 5.75 Å². The Morgan fingerprint density at radius 3 is 2.96 bits per heavy atom. The molecular weight excluding hydrogens is 338 g/mol. The second-order valence-electron chi connectivity index (χ2n) is 7.81. The molecule has 5 N–H and O–H groups in total. The Hall–Kier alpha value is -2.31. The normalized spacial score (nSPS) is 24.7. The van der Waals surface area contributed by atoms with Crippen molar-refractivity contribution in [1.29, 1.82) is 0 Å². The zero-order valence-electron chi connectivity index (χ0n) is 16.4. The lowest BCUT2D eigenvalue weighted by Gasteiger charge is -2.27. The third kappa shape index (κ3) is 3.73. The highest BCUT2D eigenvalue weighted by molar-refractivity contribution is 5.97. The number of hydrogen-bond donors (Lipinski definition) is 4. The average Bonchev–Trinajstić information content (AvgIpc) is 2.87. The molecule has 1 atom stereocenters. The summed E-state index contributed by atoms with van der Waals surface area (Å²) in [5.74, 6) is 1.74. The monoisotopic (exact) mass is 367 g/mol. The van der Waals surface area contributed by atoms with Crippen LogP contribution in [0.1, 0.15) is 43.4 Å². The van der Waals surface area contributed by atoms with Gasteiger partial charge >= 0.3 is 0 Å². The van der Waals surface area contributed by atoms with Crippen molar-refractivity contribution in [3.8, 4) is 5.75 Å². The predicted molar refractivity (Wildman–Crippen MR) is 111 cm³/mol. The SMILES string of the molecule is CC1=CC(C)(N)N=C(Nc2cc3c(c(C4=CCNCCC4)c2C)OCC3)N1. The van der Waals surface area contributed by atoms with Gasteiger partial charge in [-0.2, -0.15) is 0 Å². The number of benzene rings is 1. The Labute approximate surface area is 161 Å². The van der Waals surface area contributed by atoms with E-state index >= 15 is 0 Å². The van der Waals surface area contributed by atoms with Gasteiger partial charge in [0.05, 0.1) is 6.61 Å². The van der Waals surface area contributed by atoms with Crippen molar-refractivity contribution in [3.05, 3.63) is 40.6 Å². The van der Waals surface area contributed by atoms with Crippen molar-refractivity contribution in [2.45, 2.75) is 45.7 Å². The molecule has 144 valence electrons. The molecule has 1 aromatic rings. The summed E-state index contributed by atoms with van der Waals surface area (Å²) in [6.07, 6.45) is 7.38. The van der Waals surface area contributed by atoms with E-state index in [4.69, 9.17) is 10.5 Å². The lowest BCUT2D eigenvalue weighted by molar-refractivity contribution is 0.355. The minimum absolute atomic E-state index is 0.685. The van der Waals surface area contributed by atoms with Gasteiger partial charge in [0.15, 0.2) is 0 Å². The third-order valence-electron chi connectivity index (χ3n) is 5.28. The molecule has 1 aromatic carbocycles. The van der Waals surface area contributed by atoms with Crippen molar-refractivity contribution in [3.63, 3.8) is 0 Å². The van der Waals surface area contributed by atoms with E-state index in [-0.39, 0.29) is 0 Å². The average molecular weight is 367 g/mol. The van der Waals surface area contributed by atoms with Crippen molar-refractivity contribution in [2.24, 2.45) is 10.7 Å². The van der Waals surface area contributed by atoms with Gasteiger partial charge in [0, 0.05) is 35.5 Å². The molecule has 6 nitrogen and oxygen atoms in total. The number of guanidine groups is 1. The number of aliphatic imine (C=N–C) groups is 1. The van der Waals surface area contributed by atoms with Crippen molar-refractivity contribution in [2.75, 3.05) is 25.0 Å². The first-order valence-electron chi connectivity index (χ1n) is 9.74. The third-order valence-corrected chi connectivity index (χ3v) is 5.28. The molecule has 1 unspecified atom stereocenters. The van der Waals surface area contributed by atoms with E-state index in [1.54, 1.807) is 0 Å². The Balaban J connectivity index is 1.73. The van der Waals surface area contributed by atoms with Crippen LogP contribution in [0.4, 0.5) is 5.69 Å². The number of anilines is 1. The van der Waals surface area contributed by atoms with Crippen LogP contribution in [0.3, 0.4) is 0 Å². The summed E-state index contributed by atoms with van der Waals surface area (Å²) < 4.78 is 6.04. The molecule has 0 bridgehead atoms. The first kappa shape index (κ1) is 18.1. The molecular formula is C21H29N5O. The summed E-state index contributed by atoms with van der Waals surface area (Å²) in [6, 6.07) is 2.20. The first-order chi connectivity index (χ1) is 12.9. The van der Waals surface area contributed by atoms with Crippen molar-refractivity contribution in [1.82, 2.24) is 10.6 Å². The number of allylic oxidation sites excluding steroid dienone is 2. The smallest absolute Gasteiger partial charge is 0.202 e. The van der Waals surface area contributed by atoms with Crippen LogP contribution in [-0.2, 0) is 6.42 Å². The summed E-state index contributed by atoms with van der Waals surface area (Å²) in [5.41, 5.74) is 12.6. The number of nitrogens with two attached hydrogens (primary N) is 1. The van der Waals surface area contributed by atoms with Gasteiger partial charge in [0.2, 0.25) is 5.96 Å². The maximum Gasteiger partial charge on any atom is 0.202 e. The van der Waals surface area contributed by atoms with Crippen LogP contribution >= 0.6 is 0 Å². The van der Waals surface area contributed by atoms with Gasteiger partial charge < -0.3 is 26.4 Å². The van der Waals surface area contributed by atoms with Gasteiger partial charge in [0.1, 0.15) is 11.4 Å². The van der Waals surface area contributed by atoms with E-state index in [0.29, 0.717) is 5.96 Å². The van der Waals surface area contributed by atoms with E-state index in [0.717, 1.165) is 56.1 Å². The number of ether oxygens (including phenoxy) is 1. The Morgan fingerprint density at radius 2 is 2.15 bits per heavy atom. The molecule has 0 saturated heterocycles. The number of fused-ring (bicyclic) bond motifs is 1. The van der Waals surface area contributed by atoms with Crippen LogP contribution in [0.15, 0.2) is 28.9 Å². The van der Waals surface area contributed by atoms with E-state index in [2.05, 4.69) is 40.0 Å². The molecule has 0 saturated carbocycles. The predicted octanol–water partition coefficient (Wildman–Crippen LogP) is 2.65. The zero-order chi connectivity index (χ0) is 19.0. The molecule has 3 aliphatic heterocycles. The standard InChI is InChI=1S/C21H29N5O/c1-13-12-21(3,22)26-20(24-13)25-17-11-16-7-10-27-19(16)18(14(17)2)15-5-4-8-23-9-6-15/h6,11-12,23H,4-5,7-10,22H2,1-3H3,(H2,24,25,26). The van der Waals surface area contributed by atoms with Gasteiger partial charge in [-0.15, -0.1) is 0 Å². The molecule has 3 aliphatic rings. The molecule has 0 amide bonds. The van der Waals surface area contributed by atoms with Crippen LogP contribution < -0.4 is 26.4 Å². The maximum absolute atomic E-state index is 6.22. The van der Waals surface area contributed by atoms with Crippen LogP contribution in [0.2, 0.25) is 0 Å². The summed E-state index contributed by atoms with van der Waals surface area (Å²) >= 11 is 0. The van der Waals surface area contributed by atoms with E-state index in [1.165, 1.54) is 22.3 Å². The van der Waals surface area contributed by atoms with E-state index in [9.17, 15) is 0 Å². The van der Waals surface area contributed by atoms with Crippen LogP contribution in [0.25, 0.3) is 5.57 Å². The summed E-state index contributed by atoms with van der Waals surface area (Å²) in [6.45, 7) is 8.77. The fourth-order valence-corrected chi connectivity index (χ4v) is 4.12.